The number of nitriles is 1. The van der Waals surface area contributed by atoms with Crippen molar-refractivity contribution in [2.24, 2.45) is 5.73 Å². The van der Waals surface area contributed by atoms with E-state index in [4.69, 9.17) is 15.7 Å². The first-order valence-corrected chi connectivity index (χ1v) is 5.61. The lowest BCUT2D eigenvalue weighted by Gasteiger charge is -2.19. The third kappa shape index (κ3) is 2.20. The van der Waals surface area contributed by atoms with Crippen LogP contribution in [0, 0.1) is 11.3 Å². The highest BCUT2D eigenvalue weighted by atomic mass is 16.5. The molecular formula is C12H13N5O2. The molecule has 0 radical (unpaired) electrons. The Kier molecular flexibility index (Phi) is 2.86. The predicted octanol–water partition coefficient (Wildman–Crippen LogP) is 1.52. The van der Waals surface area contributed by atoms with Gasteiger partial charge in [-0.1, -0.05) is 5.21 Å². The van der Waals surface area contributed by atoms with Crippen LogP contribution in [0.3, 0.4) is 0 Å². The molecule has 0 aliphatic rings. The van der Waals surface area contributed by atoms with Gasteiger partial charge in [0.1, 0.15) is 6.07 Å². The van der Waals surface area contributed by atoms with E-state index in [1.165, 1.54) is 0 Å². The van der Waals surface area contributed by atoms with Crippen LogP contribution in [0.5, 0.6) is 5.75 Å². The number of amides is 1. The number of ether oxygens (including phenoxy) is 1. The zero-order valence-corrected chi connectivity index (χ0v) is 10.8. The van der Waals surface area contributed by atoms with Crippen LogP contribution >= 0.6 is 0 Å². The molecule has 1 heterocycles. The van der Waals surface area contributed by atoms with Gasteiger partial charge in [0, 0.05) is 0 Å². The molecule has 98 valence electrons. The van der Waals surface area contributed by atoms with Crippen LogP contribution in [0.1, 0.15) is 26.3 Å². The maximum Gasteiger partial charge on any atom is 0.410 e. The standard InChI is InChI=1S/C12H13N5O2/c1-12(2,3)17-8-5-4-7(6-13)10(19-11(14)18)9(8)15-16-17/h4-5H,1-3H3,(H2,14,18). The van der Waals surface area contributed by atoms with Crippen LogP contribution in [0.15, 0.2) is 12.1 Å². The number of fused-ring (bicyclic) bond motifs is 1. The Morgan fingerprint density at radius 2 is 2.16 bits per heavy atom. The summed E-state index contributed by atoms with van der Waals surface area (Å²) in [4.78, 5) is 10.9. The molecule has 0 aliphatic carbocycles. The molecule has 2 N–H and O–H groups in total. The van der Waals surface area contributed by atoms with E-state index >= 15 is 0 Å². The average Bonchev–Trinajstić information content (AvgIpc) is 2.72. The predicted molar refractivity (Wildman–Crippen MR) is 67.5 cm³/mol. The summed E-state index contributed by atoms with van der Waals surface area (Å²) in [7, 11) is 0. The maximum absolute atomic E-state index is 10.9. The smallest absolute Gasteiger partial charge is 0.407 e. The maximum atomic E-state index is 10.9. The summed E-state index contributed by atoms with van der Waals surface area (Å²) in [5.41, 5.74) is 5.92. The minimum atomic E-state index is -0.991. The first kappa shape index (κ1) is 12.8. The Hall–Kier alpha value is -2.62. The van der Waals surface area contributed by atoms with E-state index in [2.05, 4.69) is 10.3 Å². The normalized spacial score (nSPS) is 11.3. The fraction of sp³-hybridized carbons (Fsp3) is 0.333. The van der Waals surface area contributed by atoms with Crippen LogP contribution in [0.25, 0.3) is 11.0 Å². The summed E-state index contributed by atoms with van der Waals surface area (Å²) in [5, 5.41) is 17.0. The summed E-state index contributed by atoms with van der Waals surface area (Å²) in [5.74, 6) is 0.0444. The van der Waals surface area contributed by atoms with Gasteiger partial charge in [-0.3, -0.25) is 0 Å². The quantitative estimate of drug-likeness (QED) is 0.835. The number of nitrogens with two attached hydrogens (primary N) is 1. The van der Waals surface area contributed by atoms with Gasteiger partial charge < -0.3 is 10.5 Å². The van der Waals surface area contributed by atoms with E-state index in [0.717, 1.165) is 0 Å². The molecule has 1 aromatic carbocycles. The molecule has 2 aromatic rings. The molecule has 0 unspecified atom stereocenters. The highest BCUT2D eigenvalue weighted by molar-refractivity contribution is 5.87. The van der Waals surface area contributed by atoms with Crippen LogP contribution < -0.4 is 10.5 Å². The van der Waals surface area contributed by atoms with E-state index in [1.54, 1.807) is 16.8 Å². The van der Waals surface area contributed by atoms with Crippen molar-refractivity contribution >= 4 is 17.1 Å². The number of carbonyl (C=O) groups excluding carboxylic acids is 1. The molecule has 0 bridgehead atoms. The molecule has 0 spiro atoms. The monoisotopic (exact) mass is 259 g/mol. The van der Waals surface area contributed by atoms with Crippen LogP contribution in [0.2, 0.25) is 0 Å². The van der Waals surface area contributed by atoms with Crippen molar-refractivity contribution in [2.45, 2.75) is 26.3 Å². The molecule has 0 fully saturated rings. The highest BCUT2D eigenvalue weighted by Gasteiger charge is 2.22. The first-order valence-electron chi connectivity index (χ1n) is 5.61. The molecule has 1 amide bonds. The second kappa shape index (κ2) is 4.24. The molecular weight excluding hydrogens is 246 g/mol. The molecule has 1 aromatic heterocycles. The second-order valence-corrected chi connectivity index (χ2v) is 5.01. The van der Waals surface area contributed by atoms with Crippen molar-refractivity contribution in [1.82, 2.24) is 15.0 Å². The molecule has 7 heteroatoms. The van der Waals surface area contributed by atoms with Crippen LogP contribution in [-0.4, -0.2) is 21.1 Å². The molecule has 0 aliphatic heterocycles. The first-order chi connectivity index (χ1) is 8.84. The molecule has 7 nitrogen and oxygen atoms in total. The topological polar surface area (TPSA) is 107 Å². The van der Waals surface area contributed by atoms with E-state index in [-0.39, 0.29) is 16.9 Å². The van der Waals surface area contributed by atoms with Gasteiger partial charge >= 0.3 is 6.09 Å². The van der Waals surface area contributed by atoms with Crippen LogP contribution in [0.4, 0.5) is 4.79 Å². The number of aromatic nitrogens is 3. The minimum Gasteiger partial charge on any atom is -0.407 e. The highest BCUT2D eigenvalue weighted by Crippen LogP contribution is 2.30. The number of primary amides is 1. The number of nitrogens with zero attached hydrogens (tertiary/aromatic N) is 4. The number of rotatable bonds is 1. The third-order valence-electron chi connectivity index (χ3n) is 2.53. The largest absolute Gasteiger partial charge is 0.410 e. The number of hydrogen-bond donors (Lipinski definition) is 1. The van der Waals surface area contributed by atoms with Gasteiger partial charge in [0.25, 0.3) is 0 Å². The number of benzene rings is 1. The number of hydrogen-bond acceptors (Lipinski definition) is 5. The van der Waals surface area contributed by atoms with Gasteiger partial charge in [-0.05, 0) is 32.9 Å². The van der Waals surface area contributed by atoms with Crippen LogP contribution in [-0.2, 0) is 5.54 Å². The van der Waals surface area contributed by atoms with Crippen molar-refractivity contribution < 1.29 is 9.53 Å². The fourth-order valence-electron chi connectivity index (χ4n) is 1.75. The SMILES string of the molecule is CC(C)(C)n1nnc2c(OC(N)=O)c(C#N)ccc21. The fourth-order valence-corrected chi connectivity index (χ4v) is 1.75. The molecule has 2 rings (SSSR count). The van der Waals surface area contributed by atoms with E-state index < -0.39 is 6.09 Å². The Bertz CT molecular complexity index is 690. The van der Waals surface area contributed by atoms with Gasteiger partial charge in [-0.2, -0.15) is 5.26 Å². The minimum absolute atomic E-state index is 0.0444. The van der Waals surface area contributed by atoms with Gasteiger partial charge in [0.05, 0.1) is 16.6 Å². The summed E-state index contributed by atoms with van der Waals surface area (Å²) < 4.78 is 6.57. The van der Waals surface area contributed by atoms with Gasteiger partial charge in [0.2, 0.25) is 0 Å². The van der Waals surface area contributed by atoms with E-state index in [0.29, 0.717) is 11.0 Å². The molecule has 0 saturated carbocycles. The molecule has 0 atom stereocenters. The van der Waals surface area contributed by atoms with Gasteiger partial charge in [-0.15, -0.1) is 5.10 Å². The van der Waals surface area contributed by atoms with E-state index in [9.17, 15) is 4.79 Å². The Morgan fingerprint density at radius 1 is 1.47 bits per heavy atom. The zero-order valence-electron chi connectivity index (χ0n) is 10.8. The molecule has 0 saturated heterocycles. The number of carbonyl (C=O) groups is 1. The summed E-state index contributed by atoms with van der Waals surface area (Å²) >= 11 is 0. The van der Waals surface area contributed by atoms with Crippen molar-refractivity contribution in [3.05, 3.63) is 17.7 Å². The lowest BCUT2D eigenvalue weighted by Crippen LogP contribution is -2.23. The van der Waals surface area contributed by atoms with Gasteiger partial charge in [0.15, 0.2) is 11.3 Å². The van der Waals surface area contributed by atoms with Crippen molar-refractivity contribution in [2.75, 3.05) is 0 Å². The van der Waals surface area contributed by atoms with E-state index in [1.807, 2.05) is 26.8 Å². The zero-order chi connectivity index (χ0) is 14.2. The van der Waals surface area contributed by atoms with Crippen molar-refractivity contribution in [1.29, 1.82) is 5.26 Å². The summed E-state index contributed by atoms with van der Waals surface area (Å²) in [6, 6.07) is 5.19. The Labute approximate surface area is 109 Å². The Balaban J connectivity index is 2.74. The lowest BCUT2D eigenvalue weighted by molar-refractivity contribution is 0.211. The summed E-state index contributed by atoms with van der Waals surface area (Å²) in [6.45, 7) is 5.90. The Morgan fingerprint density at radius 3 is 2.68 bits per heavy atom. The lowest BCUT2D eigenvalue weighted by atomic mass is 10.1. The summed E-state index contributed by atoms with van der Waals surface area (Å²) in [6.07, 6.45) is -0.991. The average molecular weight is 259 g/mol. The van der Waals surface area contributed by atoms with Crippen molar-refractivity contribution in [3.63, 3.8) is 0 Å². The van der Waals surface area contributed by atoms with Gasteiger partial charge in [-0.25, -0.2) is 9.48 Å². The molecule has 19 heavy (non-hydrogen) atoms. The van der Waals surface area contributed by atoms with Crippen molar-refractivity contribution in [3.8, 4) is 11.8 Å². The second-order valence-electron chi connectivity index (χ2n) is 5.01. The third-order valence-corrected chi connectivity index (χ3v) is 2.53.